The smallest absolute Gasteiger partial charge is 0.338 e. The summed E-state index contributed by atoms with van der Waals surface area (Å²) in [4.78, 5) is 16.5. The number of nitrogens with zero attached hydrogens (tertiary/aromatic N) is 1. The van der Waals surface area contributed by atoms with Gasteiger partial charge in [0, 0.05) is 10.4 Å². The van der Waals surface area contributed by atoms with Crippen molar-refractivity contribution in [1.82, 2.24) is 4.98 Å². The Morgan fingerprint density at radius 2 is 1.96 bits per heavy atom. The maximum Gasteiger partial charge on any atom is 0.338 e. The lowest BCUT2D eigenvalue weighted by Gasteiger charge is -2.03. The summed E-state index contributed by atoms with van der Waals surface area (Å²) in [6.45, 7) is 3.73. The number of esters is 1. The van der Waals surface area contributed by atoms with Crippen molar-refractivity contribution < 1.29 is 9.53 Å². The van der Waals surface area contributed by atoms with Crippen molar-refractivity contribution in [3.05, 3.63) is 89.1 Å². The number of aromatic nitrogens is 1. The monoisotopic (exact) mass is 349 g/mol. The van der Waals surface area contributed by atoms with E-state index in [1.165, 1.54) is 0 Å². The second kappa shape index (κ2) is 7.77. The van der Waals surface area contributed by atoms with Gasteiger partial charge in [0.2, 0.25) is 0 Å². The van der Waals surface area contributed by atoms with Gasteiger partial charge in [-0.25, -0.2) is 9.78 Å². The first-order chi connectivity index (χ1) is 12.2. The van der Waals surface area contributed by atoms with Crippen LogP contribution in [-0.4, -0.2) is 17.6 Å². The van der Waals surface area contributed by atoms with Gasteiger partial charge in [0.1, 0.15) is 6.61 Å². The highest BCUT2D eigenvalue weighted by molar-refractivity contribution is 6.31. The molecule has 0 saturated carbocycles. The Balaban J connectivity index is 1.82. The standard InChI is InChI=1S/C21H16ClNO2/c1-2-12-25-21(24)17-5-3-4-15(13-17)6-10-19-11-8-16-7-9-18(22)14-20(16)23-19/h2-11,13-14H,1,12H2. The Morgan fingerprint density at radius 3 is 2.80 bits per heavy atom. The molecule has 0 unspecified atom stereocenters. The van der Waals surface area contributed by atoms with E-state index in [0.29, 0.717) is 10.6 Å². The number of pyridine rings is 1. The van der Waals surface area contributed by atoms with Crippen molar-refractivity contribution in [2.75, 3.05) is 6.61 Å². The predicted molar refractivity (Wildman–Crippen MR) is 103 cm³/mol. The minimum absolute atomic E-state index is 0.197. The normalized spacial score (nSPS) is 10.9. The van der Waals surface area contributed by atoms with Crippen LogP contribution in [0.2, 0.25) is 5.02 Å². The first kappa shape index (κ1) is 16.9. The molecule has 0 spiro atoms. The Kier molecular flexibility index (Phi) is 5.26. The molecule has 0 aliphatic carbocycles. The van der Waals surface area contributed by atoms with Crippen molar-refractivity contribution in [2.24, 2.45) is 0 Å². The van der Waals surface area contributed by atoms with Crippen molar-refractivity contribution in [1.29, 1.82) is 0 Å². The molecule has 0 aliphatic rings. The third-order valence-corrected chi connectivity index (χ3v) is 3.81. The van der Waals surface area contributed by atoms with Crippen LogP contribution in [0.25, 0.3) is 23.1 Å². The fourth-order valence-corrected chi connectivity index (χ4v) is 2.53. The van der Waals surface area contributed by atoms with Crippen molar-refractivity contribution in [3.8, 4) is 0 Å². The number of fused-ring (bicyclic) bond motifs is 1. The molecule has 0 N–H and O–H groups in total. The van der Waals surface area contributed by atoms with Crippen molar-refractivity contribution in [3.63, 3.8) is 0 Å². The lowest BCUT2D eigenvalue weighted by molar-refractivity contribution is 0.0549. The van der Waals surface area contributed by atoms with Gasteiger partial charge in [0.25, 0.3) is 0 Å². The molecule has 0 radical (unpaired) electrons. The van der Waals surface area contributed by atoms with Crippen molar-refractivity contribution >= 4 is 40.6 Å². The third-order valence-electron chi connectivity index (χ3n) is 3.58. The lowest BCUT2D eigenvalue weighted by Crippen LogP contribution is -2.04. The van der Waals surface area contributed by atoms with Crippen LogP contribution in [0.15, 0.2) is 67.3 Å². The van der Waals surface area contributed by atoms with Gasteiger partial charge in [-0.15, -0.1) is 0 Å². The first-order valence-electron chi connectivity index (χ1n) is 7.78. The molecule has 2 aromatic carbocycles. The Hall–Kier alpha value is -2.91. The molecule has 0 aliphatic heterocycles. The molecule has 0 saturated heterocycles. The predicted octanol–water partition coefficient (Wildman–Crippen LogP) is 5.40. The van der Waals surface area contributed by atoms with Gasteiger partial charge in [0.05, 0.1) is 16.8 Å². The second-order valence-corrected chi connectivity index (χ2v) is 5.86. The summed E-state index contributed by atoms with van der Waals surface area (Å²) >= 11 is 6.02. The molecule has 1 aromatic heterocycles. The van der Waals surface area contributed by atoms with Gasteiger partial charge in [-0.2, -0.15) is 0 Å². The maximum absolute atomic E-state index is 11.9. The molecule has 3 nitrogen and oxygen atoms in total. The van der Waals surface area contributed by atoms with Crippen LogP contribution < -0.4 is 0 Å². The topological polar surface area (TPSA) is 39.2 Å². The quantitative estimate of drug-likeness (QED) is 0.457. The molecule has 124 valence electrons. The molecule has 0 atom stereocenters. The van der Waals surface area contributed by atoms with Gasteiger partial charge in [-0.3, -0.25) is 0 Å². The van der Waals surface area contributed by atoms with E-state index in [2.05, 4.69) is 11.6 Å². The highest BCUT2D eigenvalue weighted by Crippen LogP contribution is 2.19. The Morgan fingerprint density at radius 1 is 1.12 bits per heavy atom. The number of hydrogen-bond acceptors (Lipinski definition) is 3. The van der Waals surface area contributed by atoms with Crippen LogP contribution in [-0.2, 0) is 4.74 Å². The first-order valence-corrected chi connectivity index (χ1v) is 8.16. The van der Waals surface area contributed by atoms with E-state index in [4.69, 9.17) is 16.3 Å². The fourth-order valence-electron chi connectivity index (χ4n) is 2.37. The van der Waals surface area contributed by atoms with E-state index >= 15 is 0 Å². The number of ether oxygens (including phenoxy) is 1. The zero-order valence-corrected chi connectivity index (χ0v) is 14.2. The molecule has 3 rings (SSSR count). The lowest BCUT2D eigenvalue weighted by atomic mass is 10.1. The maximum atomic E-state index is 11.9. The van der Waals surface area contributed by atoms with Crippen LogP contribution in [0.5, 0.6) is 0 Å². The minimum atomic E-state index is -0.367. The van der Waals surface area contributed by atoms with Crippen LogP contribution in [0.1, 0.15) is 21.6 Å². The number of benzene rings is 2. The third kappa shape index (κ3) is 4.34. The van der Waals surface area contributed by atoms with Crippen LogP contribution in [0, 0.1) is 0 Å². The average molecular weight is 350 g/mol. The van der Waals surface area contributed by atoms with E-state index in [1.54, 1.807) is 18.2 Å². The molecular weight excluding hydrogens is 334 g/mol. The number of halogens is 1. The van der Waals surface area contributed by atoms with Crippen LogP contribution in [0.3, 0.4) is 0 Å². The fraction of sp³-hybridized carbons (Fsp3) is 0.0476. The summed E-state index contributed by atoms with van der Waals surface area (Å²) in [6.07, 6.45) is 5.34. The van der Waals surface area contributed by atoms with Crippen molar-refractivity contribution in [2.45, 2.75) is 0 Å². The Bertz CT molecular complexity index is 963. The summed E-state index contributed by atoms with van der Waals surface area (Å²) in [5.74, 6) is -0.367. The van der Waals surface area contributed by atoms with Crippen LogP contribution in [0.4, 0.5) is 0 Å². The van der Waals surface area contributed by atoms with Gasteiger partial charge < -0.3 is 4.74 Å². The number of rotatable bonds is 5. The Labute approximate surface area is 151 Å². The summed E-state index contributed by atoms with van der Waals surface area (Å²) in [7, 11) is 0. The summed E-state index contributed by atoms with van der Waals surface area (Å²) in [5.41, 5.74) is 3.05. The average Bonchev–Trinajstić information content (AvgIpc) is 2.64. The van der Waals surface area contributed by atoms with Gasteiger partial charge in [0.15, 0.2) is 0 Å². The SMILES string of the molecule is C=CCOC(=O)c1cccc(C=Cc2ccc3ccc(Cl)cc3n2)c1. The molecule has 25 heavy (non-hydrogen) atoms. The second-order valence-electron chi connectivity index (χ2n) is 5.42. The van der Waals surface area contributed by atoms with Gasteiger partial charge >= 0.3 is 5.97 Å². The van der Waals surface area contributed by atoms with E-state index in [1.807, 2.05) is 54.6 Å². The zero-order valence-electron chi connectivity index (χ0n) is 13.5. The molecule has 4 heteroatoms. The van der Waals surface area contributed by atoms with Crippen LogP contribution >= 0.6 is 11.6 Å². The molecule has 3 aromatic rings. The minimum Gasteiger partial charge on any atom is -0.458 e. The molecule has 0 fully saturated rings. The van der Waals surface area contributed by atoms with E-state index in [-0.39, 0.29) is 12.6 Å². The summed E-state index contributed by atoms with van der Waals surface area (Å²) < 4.78 is 5.05. The van der Waals surface area contributed by atoms with Gasteiger partial charge in [-0.1, -0.05) is 54.6 Å². The molecule has 0 amide bonds. The summed E-state index contributed by atoms with van der Waals surface area (Å²) in [5, 5.41) is 1.69. The molecule has 0 bridgehead atoms. The van der Waals surface area contributed by atoms with E-state index < -0.39 is 0 Å². The van der Waals surface area contributed by atoms with E-state index in [0.717, 1.165) is 22.2 Å². The number of carbonyl (C=O) groups is 1. The molecular formula is C21H16ClNO2. The van der Waals surface area contributed by atoms with E-state index in [9.17, 15) is 4.79 Å². The zero-order chi connectivity index (χ0) is 17.6. The number of carbonyl (C=O) groups excluding carboxylic acids is 1. The largest absolute Gasteiger partial charge is 0.458 e. The number of hydrogen-bond donors (Lipinski definition) is 0. The highest BCUT2D eigenvalue weighted by Gasteiger charge is 2.06. The summed E-state index contributed by atoms with van der Waals surface area (Å²) in [6, 6.07) is 16.8. The highest BCUT2D eigenvalue weighted by atomic mass is 35.5. The molecule has 1 heterocycles. The van der Waals surface area contributed by atoms with Gasteiger partial charge in [-0.05, 0) is 42.0 Å².